The molecule has 0 aromatic carbocycles. The molecule has 4 nitrogen and oxygen atoms in total. The van der Waals surface area contributed by atoms with E-state index in [0.717, 1.165) is 24.9 Å². The summed E-state index contributed by atoms with van der Waals surface area (Å²) < 4.78 is 0. The van der Waals surface area contributed by atoms with Crippen LogP contribution in [0.2, 0.25) is 0 Å². The van der Waals surface area contributed by atoms with Crippen LogP contribution in [0.5, 0.6) is 0 Å². The summed E-state index contributed by atoms with van der Waals surface area (Å²) in [6.45, 7) is 2.18. The number of rotatable bonds is 1. The summed E-state index contributed by atoms with van der Waals surface area (Å²) in [5, 5.41) is 11.8. The van der Waals surface area contributed by atoms with E-state index in [0.29, 0.717) is 6.04 Å². The van der Waals surface area contributed by atoms with Gasteiger partial charge in [-0.2, -0.15) is 5.10 Å². The number of fused-ring (bicyclic) bond motifs is 2. The predicted octanol–water partition coefficient (Wildman–Crippen LogP) is 0.807. The van der Waals surface area contributed by atoms with Crippen molar-refractivity contribution in [1.82, 2.24) is 15.5 Å². The number of nitrogens with one attached hydrogen (secondary N) is 1. The third-order valence-corrected chi connectivity index (χ3v) is 3.41. The van der Waals surface area contributed by atoms with Crippen LogP contribution in [0.4, 0.5) is 5.82 Å². The van der Waals surface area contributed by atoms with Crippen molar-refractivity contribution in [3.05, 3.63) is 18.3 Å². The lowest BCUT2D eigenvalue weighted by molar-refractivity contribution is 0.563. The minimum Gasteiger partial charge on any atom is -0.354 e. The Bertz CT molecular complexity index is 327. The Labute approximate surface area is 89.7 Å². The summed E-state index contributed by atoms with van der Waals surface area (Å²) in [6.07, 6.45) is 5.61. The first-order valence-corrected chi connectivity index (χ1v) is 5.70. The Hall–Kier alpha value is -1.16. The van der Waals surface area contributed by atoms with Gasteiger partial charge in [-0.05, 0) is 31.4 Å². The monoisotopic (exact) mass is 204 g/mol. The van der Waals surface area contributed by atoms with Crippen LogP contribution in [0.1, 0.15) is 19.3 Å². The summed E-state index contributed by atoms with van der Waals surface area (Å²) in [5.41, 5.74) is 0. The summed E-state index contributed by atoms with van der Waals surface area (Å²) in [5.74, 6) is 1.02. The smallest absolute Gasteiger partial charge is 0.151 e. The molecule has 2 saturated heterocycles. The maximum Gasteiger partial charge on any atom is 0.151 e. The molecule has 1 aromatic heterocycles. The van der Waals surface area contributed by atoms with Crippen LogP contribution in [0, 0.1) is 0 Å². The molecule has 3 heterocycles. The minimum atomic E-state index is 0.652. The molecule has 2 bridgehead atoms. The van der Waals surface area contributed by atoms with Crippen molar-refractivity contribution in [2.45, 2.75) is 31.3 Å². The van der Waals surface area contributed by atoms with Crippen LogP contribution in [-0.2, 0) is 0 Å². The molecule has 1 aromatic rings. The molecule has 0 aliphatic carbocycles. The maximum absolute atomic E-state index is 4.18. The van der Waals surface area contributed by atoms with Crippen LogP contribution in [0.3, 0.4) is 0 Å². The molecule has 0 spiro atoms. The molecule has 80 valence electrons. The maximum atomic E-state index is 4.18. The SMILES string of the molecule is c1cnnc(N2CCC3CCC(C2)N3)c1. The Morgan fingerprint density at radius 2 is 2.20 bits per heavy atom. The lowest BCUT2D eigenvalue weighted by Gasteiger charge is -2.24. The van der Waals surface area contributed by atoms with Crippen molar-refractivity contribution in [1.29, 1.82) is 0 Å². The molecule has 15 heavy (non-hydrogen) atoms. The first-order chi connectivity index (χ1) is 7.42. The van der Waals surface area contributed by atoms with E-state index in [1.165, 1.54) is 19.3 Å². The highest BCUT2D eigenvalue weighted by atomic mass is 15.3. The quantitative estimate of drug-likeness (QED) is 0.735. The highest BCUT2D eigenvalue weighted by Crippen LogP contribution is 2.22. The number of aromatic nitrogens is 2. The van der Waals surface area contributed by atoms with Gasteiger partial charge in [-0.25, -0.2) is 0 Å². The highest BCUT2D eigenvalue weighted by Gasteiger charge is 2.29. The van der Waals surface area contributed by atoms with Crippen molar-refractivity contribution in [3.63, 3.8) is 0 Å². The van der Waals surface area contributed by atoms with Gasteiger partial charge in [0.2, 0.25) is 0 Å². The molecule has 3 rings (SSSR count). The second-order valence-electron chi connectivity index (χ2n) is 4.45. The van der Waals surface area contributed by atoms with Crippen LogP contribution in [0.25, 0.3) is 0 Å². The van der Waals surface area contributed by atoms with Gasteiger partial charge in [-0.1, -0.05) is 0 Å². The predicted molar refractivity (Wildman–Crippen MR) is 58.8 cm³/mol. The third-order valence-electron chi connectivity index (χ3n) is 3.41. The zero-order valence-electron chi connectivity index (χ0n) is 8.76. The number of hydrogen-bond acceptors (Lipinski definition) is 4. The van der Waals surface area contributed by atoms with Crippen LogP contribution in [-0.4, -0.2) is 35.4 Å². The molecule has 1 N–H and O–H groups in total. The highest BCUT2D eigenvalue weighted by molar-refractivity contribution is 5.37. The largest absolute Gasteiger partial charge is 0.354 e. The fraction of sp³-hybridized carbons (Fsp3) is 0.636. The first-order valence-electron chi connectivity index (χ1n) is 5.70. The van der Waals surface area contributed by atoms with Gasteiger partial charge in [0.25, 0.3) is 0 Å². The molecule has 2 fully saturated rings. The zero-order valence-corrected chi connectivity index (χ0v) is 8.76. The van der Waals surface area contributed by atoms with Gasteiger partial charge in [0.15, 0.2) is 5.82 Å². The van der Waals surface area contributed by atoms with Crippen molar-refractivity contribution >= 4 is 5.82 Å². The van der Waals surface area contributed by atoms with E-state index >= 15 is 0 Å². The van der Waals surface area contributed by atoms with Gasteiger partial charge >= 0.3 is 0 Å². The summed E-state index contributed by atoms with van der Waals surface area (Å²) in [6, 6.07) is 5.39. The molecule has 0 saturated carbocycles. The van der Waals surface area contributed by atoms with Gasteiger partial charge in [0.05, 0.1) is 0 Å². The lowest BCUT2D eigenvalue weighted by atomic mass is 10.1. The van der Waals surface area contributed by atoms with Gasteiger partial charge in [0.1, 0.15) is 0 Å². The van der Waals surface area contributed by atoms with E-state index in [4.69, 9.17) is 0 Å². The zero-order chi connectivity index (χ0) is 10.1. The van der Waals surface area contributed by atoms with E-state index in [9.17, 15) is 0 Å². The second-order valence-corrected chi connectivity index (χ2v) is 4.45. The fourth-order valence-electron chi connectivity index (χ4n) is 2.61. The van der Waals surface area contributed by atoms with Crippen molar-refractivity contribution in [2.24, 2.45) is 0 Å². The normalized spacial score (nSPS) is 30.3. The second kappa shape index (κ2) is 3.77. The molecule has 2 aliphatic rings. The fourth-order valence-corrected chi connectivity index (χ4v) is 2.61. The Kier molecular flexibility index (Phi) is 2.29. The first kappa shape index (κ1) is 9.09. The molecule has 2 aliphatic heterocycles. The number of anilines is 1. The molecule has 2 atom stereocenters. The molecule has 0 radical (unpaired) electrons. The van der Waals surface area contributed by atoms with Gasteiger partial charge in [-0.15, -0.1) is 5.10 Å². The number of nitrogens with zero attached hydrogens (tertiary/aromatic N) is 3. The van der Waals surface area contributed by atoms with Gasteiger partial charge in [0, 0.05) is 31.4 Å². The number of hydrogen-bond donors (Lipinski definition) is 1. The van der Waals surface area contributed by atoms with Crippen LogP contribution < -0.4 is 10.2 Å². The van der Waals surface area contributed by atoms with E-state index in [1.54, 1.807) is 6.20 Å². The van der Waals surface area contributed by atoms with Crippen LogP contribution in [0.15, 0.2) is 18.3 Å². The van der Waals surface area contributed by atoms with Crippen molar-refractivity contribution in [3.8, 4) is 0 Å². The standard InChI is InChI=1S/C11H16N4/c1-2-11(14-12-6-1)15-7-5-9-3-4-10(8-15)13-9/h1-2,6,9-10,13H,3-5,7-8H2. The molecule has 4 heteroatoms. The molecular formula is C11H16N4. The van der Waals surface area contributed by atoms with Crippen molar-refractivity contribution in [2.75, 3.05) is 18.0 Å². The van der Waals surface area contributed by atoms with E-state index in [1.807, 2.05) is 12.1 Å². The molecule has 0 amide bonds. The topological polar surface area (TPSA) is 41.1 Å². The van der Waals surface area contributed by atoms with E-state index < -0.39 is 0 Å². The summed E-state index contributed by atoms with van der Waals surface area (Å²) in [4.78, 5) is 2.35. The van der Waals surface area contributed by atoms with Gasteiger partial charge < -0.3 is 10.2 Å². The average Bonchev–Trinajstić information content (AvgIpc) is 2.60. The van der Waals surface area contributed by atoms with Crippen molar-refractivity contribution < 1.29 is 0 Å². The molecule has 2 unspecified atom stereocenters. The minimum absolute atomic E-state index is 0.652. The average molecular weight is 204 g/mol. The van der Waals surface area contributed by atoms with E-state index in [-0.39, 0.29) is 0 Å². The summed E-state index contributed by atoms with van der Waals surface area (Å²) >= 11 is 0. The summed E-state index contributed by atoms with van der Waals surface area (Å²) in [7, 11) is 0. The Balaban J connectivity index is 1.77. The van der Waals surface area contributed by atoms with Gasteiger partial charge in [-0.3, -0.25) is 0 Å². The Morgan fingerprint density at radius 1 is 1.27 bits per heavy atom. The Morgan fingerprint density at radius 3 is 3.07 bits per heavy atom. The van der Waals surface area contributed by atoms with Crippen LogP contribution >= 0.6 is 0 Å². The molecular weight excluding hydrogens is 188 g/mol. The third kappa shape index (κ3) is 1.81. The lowest BCUT2D eigenvalue weighted by Crippen LogP contribution is -2.35. The van der Waals surface area contributed by atoms with E-state index in [2.05, 4.69) is 20.4 Å².